The summed E-state index contributed by atoms with van der Waals surface area (Å²) >= 11 is 0. The topological polar surface area (TPSA) is 128 Å². The molecule has 2 heterocycles. The highest BCUT2D eigenvalue weighted by atomic mass is 19.1. The number of amides is 2. The number of nitrogens with one attached hydrogen (secondary N) is 2. The van der Waals surface area contributed by atoms with Crippen LogP contribution in [0.1, 0.15) is 66.8 Å². The number of aryl methyl sites for hydroxylation is 2. The molecule has 41 heavy (non-hydrogen) atoms. The summed E-state index contributed by atoms with van der Waals surface area (Å²) in [6.45, 7) is 8.37. The van der Waals surface area contributed by atoms with Crippen LogP contribution >= 0.6 is 0 Å². The van der Waals surface area contributed by atoms with E-state index in [0.29, 0.717) is 35.4 Å². The molecule has 11 heteroatoms. The highest BCUT2D eigenvalue weighted by Gasteiger charge is 2.46. The molecule has 3 aromatic rings. The molecular formula is C30H31F2N5O4. The molecule has 0 radical (unpaired) electrons. The minimum atomic E-state index is -1.01. The molecule has 1 aliphatic rings. The number of hydrogen-bond donors (Lipinski definition) is 2. The number of aromatic nitrogens is 2. The zero-order valence-electron chi connectivity index (χ0n) is 23.4. The SMILES string of the molecule is Cc1cc(Oc2ccc(C(=O)N[C@H](C)C(=O)N3C(C(C)(C)C#N)CC[C@H]3c3cc(F)cc(F)c3)cc2C)c(=O)[nH]n1. The summed E-state index contributed by atoms with van der Waals surface area (Å²) < 4.78 is 33.8. The maximum atomic E-state index is 14.1. The molecule has 3 atom stereocenters. The van der Waals surface area contributed by atoms with Gasteiger partial charge >= 0.3 is 5.56 Å². The number of benzene rings is 2. The van der Waals surface area contributed by atoms with E-state index in [1.165, 1.54) is 36.1 Å². The van der Waals surface area contributed by atoms with Crippen LogP contribution in [0.25, 0.3) is 0 Å². The predicted octanol–water partition coefficient (Wildman–Crippen LogP) is 4.86. The Labute approximate surface area is 236 Å². The van der Waals surface area contributed by atoms with Crippen LogP contribution < -0.4 is 15.6 Å². The molecule has 214 valence electrons. The quantitative estimate of drug-likeness (QED) is 0.423. The van der Waals surface area contributed by atoms with Gasteiger partial charge in [0.05, 0.1) is 29.3 Å². The van der Waals surface area contributed by atoms with Crippen LogP contribution in [0.15, 0.2) is 47.3 Å². The van der Waals surface area contributed by atoms with Gasteiger partial charge in [0, 0.05) is 17.7 Å². The minimum absolute atomic E-state index is 0.0604. The molecule has 2 N–H and O–H groups in total. The predicted molar refractivity (Wildman–Crippen MR) is 146 cm³/mol. The second-order valence-electron chi connectivity index (χ2n) is 10.9. The first-order valence-electron chi connectivity index (χ1n) is 13.2. The van der Waals surface area contributed by atoms with Crippen LogP contribution in [0.5, 0.6) is 11.5 Å². The largest absolute Gasteiger partial charge is 0.451 e. The average Bonchev–Trinajstić information content (AvgIpc) is 3.37. The Balaban J connectivity index is 1.55. The third kappa shape index (κ3) is 6.27. The van der Waals surface area contributed by atoms with Crippen molar-refractivity contribution in [1.29, 1.82) is 5.26 Å². The summed E-state index contributed by atoms with van der Waals surface area (Å²) in [6.07, 6.45) is 0.863. The van der Waals surface area contributed by atoms with Gasteiger partial charge in [-0.2, -0.15) is 10.4 Å². The van der Waals surface area contributed by atoms with Crippen molar-refractivity contribution in [1.82, 2.24) is 20.4 Å². The number of H-pyrrole nitrogens is 1. The summed E-state index contributed by atoms with van der Waals surface area (Å²) in [4.78, 5) is 40.4. The third-order valence-electron chi connectivity index (χ3n) is 7.30. The van der Waals surface area contributed by atoms with E-state index in [-0.39, 0.29) is 11.3 Å². The van der Waals surface area contributed by atoms with Crippen LogP contribution in [0, 0.1) is 42.2 Å². The number of nitriles is 1. The van der Waals surface area contributed by atoms with Crippen LogP contribution in [0.3, 0.4) is 0 Å². The van der Waals surface area contributed by atoms with Crippen molar-refractivity contribution in [2.24, 2.45) is 5.41 Å². The van der Waals surface area contributed by atoms with Gasteiger partial charge in [-0.05, 0) is 88.9 Å². The fourth-order valence-corrected chi connectivity index (χ4v) is 5.14. The molecule has 2 aromatic carbocycles. The van der Waals surface area contributed by atoms with Gasteiger partial charge in [0.1, 0.15) is 23.4 Å². The monoisotopic (exact) mass is 563 g/mol. The van der Waals surface area contributed by atoms with E-state index in [9.17, 15) is 28.4 Å². The van der Waals surface area contributed by atoms with Gasteiger partial charge in [0.25, 0.3) is 5.91 Å². The van der Waals surface area contributed by atoms with E-state index in [1.807, 2.05) is 0 Å². The Morgan fingerprint density at radius 3 is 2.44 bits per heavy atom. The van der Waals surface area contributed by atoms with E-state index in [1.54, 1.807) is 39.8 Å². The van der Waals surface area contributed by atoms with E-state index in [4.69, 9.17) is 4.74 Å². The number of halogens is 2. The van der Waals surface area contributed by atoms with E-state index >= 15 is 0 Å². The summed E-state index contributed by atoms with van der Waals surface area (Å²) in [5.74, 6) is -2.09. The first-order valence-corrected chi connectivity index (χ1v) is 13.2. The molecule has 2 amide bonds. The number of likely N-dealkylation sites (tertiary alicyclic amines) is 1. The first kappa shape index (κ1) is 29.4. The normalized spacial score (nSPS) is 17.6. The number of rotatable bonds is 7. The molecule has 0 bridgehead atoms. The van der Waals surface area contributed by atoms with E-state index in [0.717, 1.165) is 6.07 Å². The molecule has 9 nitrogen and oxygen atoms in total. The average molecular weight is 564 g/mol. The van der Waals surface area contributed by atoms with Gasteiger partial charge in [0.15, 0.2) is 5.75 Å². The van der Waals surface area contributed by atoms with Gasteiger partial charge < -0.3 is 15.0 Å². The van der Waals surface area contributed by atoms with Crippen molar-refractivity contribution in [2.45, 2.75) is 65.6 Å². The summed E-state index contributed by atoms with van der Waals surface area (Å²) in [5, 5.41) is 18.7. The molecule has 1 aromatic heterocycles. The zero-order chi connectivity index (χ0) is 30.1. The summed E-state index contributed by atoms with van der Waals surface area (Å²) in [6, 6.07) is 9.29. The first-order chi connectivity index (χ1) is 19.3. The lowest BCUT2D eigenvalue weighted by Gasteiger charge is -2.38. The second kappa shape index (κ2) is 11.5. The Kier molecular flexibility index (Phi) is 8.24. The van der Waals surface area contributed by atoms with E-state index in [2.05, 4.69) is 21.6 Å². The third-order valence-corrected chi connectivity index (χ3v) is 7.30. The fourth-order valence-electron chi connectivity index (χ4n) is 5.14. The fraction of sp³-hybridized carbons (Fsp3) is 0.367. The number of carbonyl (C=O) groups excluding carboxylic acids is 2. The molecule has 4 rings (SSSR count). The Morgan fingerprint density at radius 2 is 1.80 bits per heavy atom. The number of hydrogen-bond acceptors (Lipinski definition) is 6. The Bertz CT molecular complexity index is 1580. The lowest BCUT2D eigenvalue weighted by atomic mass is 9.84. The van der Waals surface area contributed by atoms with Crippen LogP contribution in [-0.4, -0.2) is 39.0 Å². The van der Waals surface area contributed by atoms with Crippen LogP contribution in [0.2, 0.25) is 0 Å². The maximum Gasteiger partial charge on any atom is 0.307 e. The highest BCUT2D eigenvalue weighted by Crippen LogP contribution is 2.43. The number of carbonyl (C=O) groups is 2. The van der Waals surface area contributed by atoms with Crippen molar-refractivity contribution in [3.8, 4) is 17.6 Å². The van der Waals surface area contributed by atoms with Gasteiger partial charge in [-0.15, -0.1) is 0 Å². The molecular weight excluding hydrogens is 532 g/mol. The maximum absolute atomic E-state index is 14.1. The Morgan fingerprint density at radius 1 is 1.12 bits per heavy atom. The summed E-state index contributed by atoms with van der Waals surface area (Å²) in [7, 11) is 0. The van der Waals surface area contributed by atoms with Gasteiger partial charge in [-0.3, -0.25) is 14.4 Å². The molecule has 1 fully saturated rings. The standard InChI is InChI=1S/C30H31F2N5O4/c1-16-10-19(6-8-24(16)41-25-11-17(2)35-36-28(25)39)27(38)34-18(3)29(40)37-23(7-9-26(37)30(4,5)15-33)20-12-21(31)14-22(32)13-20/h6,8,10-14,18,23,26H,7,9H2,1-5H3,(H,34,38)(H,36,39)/t18-,23+,26?/m1/s1. The van der Waals surface area contributed by atoms with E-state index < -0.39 is 52.5 Å². The van der Waals surface area contributed by atoms with Gasteiger partial charge in [-0.1, -0.05) is 0 Å². The molecule has 0 spiro atoms. The zero-order valence-corrected chi connectivity index (χ0v) is 23.4. The smallest absolute Gasteiger partial charge is 0.307 e. The van der Waals surface area contributed by atoms with Gasteiger partial charge in [0.2, 0.25) is 5.91 Å². The molecule has 0 aliphatic carbocycles. The van der Waals surface area contributed by atoms with Crippen molar-refractivity contribution >= 4 is 11.8 Å². The van der Waals surface area contributed by atoms with Crippen molar-refractivity contribution < 1.29 is 23.1 Å². The number of nitrogens with zero attached hydrogens (tertiary/aromatic N) is 3. The number of aromatic amines is 1. The molecule has 0 saturated carbocycles. The number of ether oxygens (including phenoxy) is 1. The van der Waals surface area contributed by atoms with Crippen molar-refractivity contribution in [3.05, 3.63) is 86.8 Å². The lowest BCUT2D eigenvalue weighted by molar-refractivity contribution is -0.137. The highest BCUT2D eigenvalue weighted by molar-refractivity contribution is 5.98. The molecule has 1 aliphatic heterocycles. The summed E-state index contributed by atoms with van der Waals surface area (Å²) in [5.41, 5.74) is 0.253. The molecule has 1 saturated heterocycles. The Hall–Kier alpha value is -4.59. The molecule has 1 unspecified atom stereocenters. The lowest BCUT2D eigenvalue weighted by Crippen LogP contribution is -2.52. The second-order valence-corrected chi connectivity index (χ2v) is 10.9. The van der Waals surface area contributed by atoms with Crippen LogP contribution in [-0.2, 0) is 4.79 Å². The van der Waals surface area contributed by atoms with Crippen molar-refractivity contribution in [3.63, 3.8) is 0 Å². The van der Waals surface area contributed by atoms with Crippen molar-refractivity contribution in [2.75, 3.05) is 0 Å². The van der Waals surface area contributed by atoms with Gasteiger partial charge in [-0.25, -0.2) is 13.9 Å². The van der Waals surface area contributed by atoms with Crippen LogP contribution in [0.4, 0.5) is 8.78 Å². The minimum Gasteiger partial charge on any atom is -0.451 e.